The Morgan fingerprint density at radius 2 is 2.00 bits per heavy atom. The Morgan fingerprint density at radius 1 is 1.31 bits per heavy atom. The molecule has 1 aliphatic carbocycles. The molecule has 0 saturated heterocycles. The summed E-state index contributed by atoms with van der Waals surface area (Å²) in [4.78, 5) is 23.3. The third-order valence-corrected chi connectivity index (χ3v) is 5.01. The second-order valence-corrected chi connectivity index (χ2v) is 6.93. The molecule has 26 heavy (non-hydrogen) atoms. The van der Waals surface area contributed by atoms with E-state index < -0.39 is 10.9 Å². The Labute approximate surface area is 156 Å². The van der Waals surface area contributed by atoms with Crippen molar-refractivity contribution in [2.45, 2.75) is 52.1 Å². The summed E-state index contributed by atoms with van der Waals surface area (Å²) in [5.41, 5.74) is 1.44. The van der Waals surface area contributed by atoms with Crippen molar-refractivity contribution in [1.29, 1.82) is 0 Å². The van der Waals surface area contributed by atoms with Gasteiger partial charge in [0, 0.05) is 0 Å². The number of esters is 1. The third kappa shape index (κ3) is 3.58. The molecule has 1 heterocycles. The van der Waals surface area contributed by atoms with E-state index in [9.17, 15) is 14.9 Å². The first-order chi connectivity index (χ1) is 12.4. The van der Waals surface area contributed by atoms with Gasteiger partial charge in [-0.1, -0.05) is 18.0 Å². The first kappa shape index (κ1) is 18.4. The zero-order valence-corrected chi connectivity index (χ0v) is 15.5. The molecule has 8 heteroatoms. The van der Waals surface area contributed by atoms with E-state index in [2.05, 4.69) is 5.10 Å². The number of nitrogens with zero attached hydrogens (tertiary/aromatic N) is 3. The number of nitro groups is 1. The molecule has 3 rings (SSSR count). The Hall–Kier alpha value is -2.41. The van der Waals surface area contributed by atoms with Crippen molar-refractivity contribution in [3.63, 3.8) is 0 Å². The lowest BCUT2D eigenvalue weighted by Crippen LogP contribution is -2.21. The van der Waals surface area contributed by atoms with E-state index in [1.807, 2.05) is 0 Å². The van der Waals surface area contributed by atoms with Crippen LogP contribution >= 0.6 is 11.6 Å². The van der Waals surface area contributed by atoms with Crippen LogP contribution < -0.4 is 0 Å². The number of hydrogen-bond acceptors (Lipinski definition) is 5. The van der Waals surface area contributed by atoms with Crippen molar-refractivity contribution in [3.8, 4) is 5.69 Å². The van der Waals surface area contributed by atoms with Crippen molar-refractivity contribution in [1.82, 2.24) is 9.78 Å². The Morgan fingerprint density at radius 3 is 2.62 bits per heavy atom. The van der Waals surface area contributed by atoms with Crippen LogP contribution in [0.3, 0.4) is 0 Å². The summed E-state index contributed by atoms with van der Waals surface area (Å²) in [7, 11) is 0. The normalized spacial score (nSPS) is 15.0. The number of halogens is 1. The van der Waals surface area contributed by atoms with E-state index >= 15 is 0 Å². The number of ether oxygens (including phenoxy) is 1. The highest BCUT2D eigenvalue weighted by Gasteiger charge is 2.24. The van der Waals surface area contributed by atoms with Gasteiger partial charge in [-0.25, -0.2) is 9.48 Å². The van der Waals surface area contributed by atoms with Gasteiger partial charge < -0.3 is 4.74 Å². The van der Waals surface area contributed by atoms with Crippen LogP contribution in [0.4, 0.5) is 5.69 Å². The first-order valence-corrected chi connectivity index (χ1v) is 8.98. The molecular weight excluding hydrogens is 358 g/mol. The average Bonchev–Trinajstić information content (AvgIpc) is 2.90. The van der Waals surface area contributed by atoms with Crippen molar-refractivity contribution < 1.29 is 14.5 Å². The van der Waals surface area contributed by atoms with E-state index in [0.717, 1.165) is 25.7 Å². The fraction of sp³-hybridized carbons (Fsp3) is 0.444. The maximum Gasteiger partial charge on any atom is 0.340 e. The monoisotopic (exact) mass is 377 g/mol. The van der Waals surface area contributed by atoms with Crippen LogP contribution in [0, 0.1) is 24.0 Å². The molecule has 2 aromatic rings. The van der Waals surface area contributed by atoms with Gasteiger partial charge in [-0.3, -0.25) is 10.1 Å². The highest BCUT2D eigenvalue weighted by Crippen LogP contribution is 2.28. The molecule has 1 saturated carbocycles. The summed E-state index contributed by atoms with van der Waals surface area (Å²) in [5, 5.41) is 15.7. The van der Waals surface area contributed by atoms with Gasteiger partial charge in [0.25, 0.3) is 0 Å². The van der Waals surface area contributed by atoms with Crippen LogP contribution in [-0.2, 0) is 4.74 Å². The van der Waals surface area contributed by atoms with Crippen molar-refractivity contribution in [3.05, 3.63) is 50.3 Å². The van der Waals surface area contributed by atoms with Gasteiger partial charge in [0.1, 0.15) is 17.5 Å². The highest BCUT2D eigenvalue weighted by molar-refractivity contribution is 6.33. The average molecular weight is 378 g/mol. The molecular formula is C18H20ClN3O4. The molecule has 1 fully saturated rings. The van der Waals surface area contributed by atoms with Gasteiger partial charge >= 0.3 is 11.7 Å². The molecule has 1 aromatic carbocycles. The van der Waals surface area contributed by atoms with Gasteiger partial charge in [-0.05, 0) is 57.7 Å². The largest absolute Gasteiger partial charge is 0.459 e. The summed E-state index contributed by atoms with van der Waals surface area (Å²) < 4.78 is 7.03. The zero-order valence-electron chi connectivity index (χ0n) is 14.7. The van der Waals surface area contributed by atoms with Gasteiger partial charge in [-0.2, -0.15) is 5.10 Å². The Kier molecular flexibility index (Phi) is 5.27. The predicted molar refractivity (Wildman–Crippen MR) is 97.0 cm³/mol. The smallest absolute Gasteiger partial charge is 0.340 e. The minimum Gasteiger partial charge on any atom is -0.459 e. The van der Waals surface area contributed by atoms with Crippen molar-refractivity contribution in [2.24, 2.45) is 0 Å². The number of carbonyl (C=O) groups is 1. The molecule has 1 aromatic heterocycles. The van der Waals surface area contributed by atoms with Crippen molar-refractivity contribution in [2.75, 3.05) is 0 Å². The zero-order chi connectivity index (χ0) is 18.8. The molecule has 0 aliphatic heterocycles. The molecule has 0 atom stereocenters. The first-order valence-electron chi connectivity index (χ1n) is 8.60. The van der Waals surface area contributed by atoms with E-state index in [1.165, 1.54) is 11.1 Å². The molecule has 0 radical (unpaired) electrons. The summed E-state index contributed by atoms with van der Waals surface area (Å²) in [6.45, 7) is 3.20. The minimum absolute atomic E-state index is 0.0358. The molecule has 1 aliphatic rings. The van der Waals surface area contributed by atoms with Crippen LogP contribution in [-0.4, -0.2) is 26.8 Å². The standard InChI is InChI=1S/C18H20ClN3O4/c1-11-17(22(24)25)12(2)21(20-11)13-8-9-16(19)15(10-13)18(23)26-14-6-4-3-5-7-14/h8-10,14H,3-7H2,1-2H3. The van der Waals surface area contributed by atoms with Gasteiger partial charge in [0.2, 0.25) is 0 Å². The topological polar surface area (TPSA) is 87.3 Å². The molecule has 0 bridgehead atoms. The SMILES string of the molecule is Cc1nn(-c2ccc(Cl)c(C(=O)OC3CCCCC3)c2)c(C)c1[N+](=O)[O-]. The van der Waals surface area contributed by atoms with Crippen LogP contribution in [0.1, 0.15) is 53.8 Å². The van der Waals surface area contributed by atoms with Gasteiger partial charge in [0.05, 0.1) is 21.2 Å². The van der Waals surface area contributed by atoms with Crippen LogP contribution in [0.15, 0.2) is 18.2 Å². The molecule has 138 valence electrons. The summed E-state index contributed by atoms with van der Waals surface area (Å²) in [5.74, 6) is -0.472. The summed E-state index contributed by atoms with van der Waals surface area (Å²) in [6.07, 6.45) is 4.94. The maximum atomic E-state index is 12.5. The summed E-state index contributed by atoms with van der Waals surface area (Å²) >= 11 is 6.18. The minimum atomic E-state index is -0.472. The van der Waals surface area contributed by atoms with Gasteiger partial charge in [-0.15, -0.1) is 0 Å². The maximum absolute atomic E-state index is 12.5. The van der Waals surface area contributed by atoms with Crippen LogP contribution in [0.2, 0.25) is 5.02 Å². The Balaban J connectivity index is 1.92. The van der Waals surface area contributed by atoms with E-state index in [-0.39, 0.29) is 22.4 Å². The highest BCUT2D eigenvalue weighted by atomic mass is 35.5. The molecule has 7 nitrogen and oxygen atoms in total. The molecule has 0 amide bonds. The summed E-state index contributed by atoms with van der Waals surface area (Å²) in [6, 6.07) is 4.82. The fourth-order valence-corrected chi connectivity index (χ4v) is 3.54. The number of carbonyl (C=O) groups excluding carboxylic acids is 1. The molecule has 0 N–H and O–H groups in total. The van der Waals surface area contributed by atoms with E-state index in [1.54, 1.807) is 32.0 Å². The number of benzene rings is 1. The number of aryl methyl sites for hydroxylation is 1. The quantitative estimate of drug-likeness (QED) is 0.443. The second kappa shape index (κ2) is 7.45. The second-order valence-electron chi connectivity index (χ2n) is 6.52. The number of hydrogen-bond donors (Lipinski definition) is 0. The third-order valence-electron chi connectivity index (χ3n) is 4.68. The van der Waals surface area contributed by atoms with Crippen LogP contribution in [0.25, 0.3) is 5.69 Å². The fourth-order valence-electron chi connectivity index (χ4n) is 3.35. The van der Waals surface area contributed by atoms with Gasteiger partial charge in [0.15, 0.2) is 0 Å². The van der Waals surface area contributed by atoms with Crippen LogP contribution in [0.5, 0.6) is 0 Å². The van der Waals surface area contributed by atoms with E-state index in [4.69, 9.17) is 16.3 Å². The number of rotatable bonds is 4. The lowest BCUT2D eigenvalue weighted by Gasteiger charge is -2.22. The lowest BCUT2D eigenvalue weighted by molar-refractivity contribution is -0.386. The van der Waals surface area contributed by atoms with Crippen molar-refractivity contribution >= 4 is 23.3 Å². The van der Waals surface area contributed by atoms with E-state index in [0.29, 0.717) is 17.1 Å². The number of aromatic nitrogens is 2. The molecule has 0 spiro atoms. The lowest BCUT2D eigenvalue weighted by atomic mass is 9.98. The predicted octanol–water partition coefficient (Wildman–Crippen LogP) is 4.54. The Bertz CT molecular complexity index is 856. The molecule has 0 unspecified atom stereocenters.